The first kappa shape index (κ1) is 12.6. The van der Waals surface area contributed by atoms with Gasteiger partial charge >= 0.3 is 0 Å². The summed E-state index contributed by atoms with van der Waals surface area (Å²) in [4.78, 5) is 10.8. The Morgan fingerprint density at radius 3 is 2.74 bits per heavy atom. The molecule has 0 spiro atoms. The number of fused-ring (bicyclic) bond motifs is 1. The molecule has 0 aliphatic heterocycles. The van der Waals surface area contributed by atoms with Crippen LogP contribution < -0.4 is 4.74 Å². The minimum absolute atomic E-state index is 0.610. The Kier molecular flexibility index (Phi) is 3.24. The van der Waals surface area contributed by atoms with Crippen LogP contribution in [0.5, 0.6) is 11.6 Å². The highest BCUT2D eigenvalue weighted by Crippen LogP contribution is 2.37. The van der Waals surface area contributed by atoms with Gasteiger partial charge < -0.3 is 4.74 Å². The van der Waals surface area contributed by atoms with Crippen molar-refractivity contribution in [2.24, 2.45) is 0 Å². The van der Waals surface area contributed by atoms with Crippen LogP contribution in [0.4, 0.5) is 0 Å². The molecule has 0 saturated carbocycles. The maximum absolute atomic E-state index is 5.93. The standard InChI is InChI=1S/C14H11BrN2OS/c1-8-9(2)19-14-12(8)13(16-7-17-14)18-11-6-4-3-5-10(11)15/h3-7H,1-2H3. The second-order valence-corrected chi connectivity index (χ2v) is 6.23. The van der Waals surface area contributed by atoms with Crippen molar-refractivity contribution in [3.8, 4) is 11.6 Å². The van der Waals surface area contributed by atoms with E-state index < -0.39 is 0 Å². The largest absolute Gasteiger partial charge is 0.437 e. The van der Waals surface area contributed by atoms with Gasteiger partial charge in [-0.15, -0.1) is 11.3 Å². The number of hydrogen-bond donors (Lipinski definition) is 0. The number of benzene rings is 1. The van der Waals surface area contributed by atoms with Crippen LogP contribution in [0.2, 0.25) is 0 Å². The molecule has 0 atom stereocenters. The van der Waals surface area contributed by atoms with E-state index in [4.69, 9.17) is 4.74 Å². The van der Waals surface area contributed by atoms with Gasteiger partial charge in [0.15, 0.2) is 0 Å². The van der Waals surface area contributed by atoms with E-state index in [2.05, 4.69) is 39.7 Å². The van der Waals surface area contributed by atoms with Gasteiger partial charge in [-0.25, -0.2) is 9.97 Å². The molecule has 96 valence electrons. The average molecular weight is 335 g/mol. The van der Waals surface area contributed by atoms with Gasteiger partial charge in [-0.3, -0.25) is 0 Å². The van der Waals surface area contributed by atoms with Gasteiger partial charge in [0.1, 0.15) is 16.9 Å². The molecule has 19 heavy (non-hydrogen) atoms. The van der Waals surface area contributed by atoms with E-state index in [-0.39, 0.29) is 0 Å². The number of ether oxygens (including phenoxy) is 1. The van der Waals surface area contributed by atoms with Crippen molar-refractivity contribution in [2.45, 2.75) is 13.8 Å². The first-order chi connectivity index (χ1) is 9.16. The monoisotopic (exact) mass is 334 g/mol. The Morgan fingerprint density at radius 2 is 1.95 bits per heavy atom. The van der Waals surface area contributed by atoms with E-state index in [1.54, 1.807) is 17.7 Å². The van der Waals surface area contributed by atoms with E-state index in [9.17, 15) is 0 Å². The molecule has 5 heteroatoms. The summed E-state index contributed by atoms with van der Waals surface area (Å²) in [5, 5.41) is 1.00. The minimum Gasteiger partial charge on any atom is -0.437 e. The minimum atomic E-state index is 0.610. The fourth-order valence-electron chi connectivity index (χ4n) is 1.86. The molecule has 0 unspecified atom stereocenters. The molecule has 0 radical (unpaired) electrons. The Hall–Kier alpha value is -1.46. The van der Waals surface area contributed by atoms with E-state index in [1.807, 2.05) is 24.3 Å². The molecular formula is C14H11BrN2OS. The molecule has 0 aliphatic rings. The molecule has 3 aromatic rings. The van der Waals surface area contributed by atoms with Gasteiger partial charge in [-0.1, -0.05) is 12.1 Å². The zero-order chi connectivity index (χ0) is 13.4. The van der Waals surface area contributed by atoms with Gasteiger partial charge in [0, 0.05) is 4.88 Å². The molecule has 3 rings (SSSR count). The fraction of sp³-hybridized carbons (Fsp3) is 0.143. The van der Waals surface area contributed by atoms with Crippen LogP contribution in [0.3, 0.4) is 0 Å². The van der Waals surface area contributed by atoms with Crippen LogP contribution in [0.1, 0.15) is 10.4 Å². The Labute approximate surface area is 123 Å². The number of aryl methyl sites for hydroxylation is 2. The number of thiophene rings is 1. The normalized spacial score (nSPS) is 10.9. The number of para-hydroxylation sites is 1. The summed E-state index contributed by atoms with van der Waals surface area (Å²) in [6.07, 6.45) is 1.55. The van der Waals surface area contributed by atoms with Gasteiger partial charge in [0.25, 0.3) is 0 Å². The SMILES string of the molecule is Cc1sc2ncnc(Oc3ccccc3Br)c2c1C. The highest BCUT2D eigenvalue weighted by molar-refractivity contribution is 9.10. The van der Waals surface area contributed by atoms with Crippen LogP contribution in [-0.2, 0) is 0 Å². The third-order valence-electron chi connectivity index (χ3n) is 2.97. The van der Waals surface area contributed by atoms with Gasteiger partial charge in [-0.2, -0.15) is 0 Å². The zero-order valence-electron chi connectivity index (χ0n) is 10.5. The van der Waals surface area contributed by atoms with Gasteiger partial charge in [0.05, 0.1) is 9.86 Å². The summed E-state index contributed by atoms with van der Waals surface area (Å²) < 4.78 is 6.83. The highest BCUT2D eigenvalue weighted by Gasteiger charge is 2.14. The lowest BCUT2D eigenvalue weighted by Gasteiger charge is -2.07. The third-order valence-corrected chi connectivity index (χ3v) is 4.74. The topological polar surface area (TPSA) is 35.0 Å². The van der Waals surface area contributed by atoms with E-state index in [0.29, 0.717) is 5.88 Å². The van der Waals surface area contributed by atoms with Crippen molar-refractivity contribution < 1.29 is 4.74 Å². The van der Waals surface area contributed by atoms with Crippen LogP contribution in [-0.4, -0.2) is 9.97 Å². The van der Waals surface area contributed by atoms with E-state index in [1.165, 1.54) is 10.4 Å². The molecule has 2 aromatic heterocycles. The molecule has 0 N–H and O–H groups in total. The van der Waals surface area contributed by atoms with Crippen molar-refractivity contribution >= 4 is 37.5 Å². The van der Waals surface area contributed by atoms with Crippen molar-refractivity contribution in [3.05, 3.63) is 45.5 Å². The molecule has 3 nitrogen and oxygen atoms in total. The second kappa shape index (κ2) is 4.90. The molecule has 0 saturated heterocycles. The Morgan fingerprint density at radius 1 is 1.16 bits per heavy atom. The second-order valence-electron chi connectivity index (χ2n) is 4.17. The maximum atomic E-state index is 5.93. The molecule has 0 bridgehead atoms. The van der Waals surface area contributed by atoms with Gasteiger partial charge in [-0.05, 0) is 47.5 Å². The smallest absolute Gasteiger partial charge is 0.231 e. The Bertz CT molecular complexity index is 754. The predicted octanol–water partition coefficient (Wildman–Crippen LogP) is 4.86. The van der Waals surface area contributed by atoms with Crippen molar-refractivity contribution in [2.75, 3.05) is 0 Å². The van der Waals surface area contributed by atoms with Crippen LogP contribution >= 0.6 is 27.3 Å². The van der Waals surface area contributed by atoms with E-state index in [0.717, 1.165) is 20.4 Å². The molecule has 0 amide bonds. The summed E-state index contributed by atoms with van der Waals surface area (Å²) in [5.74, 6) is 1.37. The molecule has 0 fully saturated rings. The number of aromatic nitrogens is 2. The lowest BCUT2D eigenvalue weighted by molar-refractivity contribution is 0.465. The first-order valence-corrected chi connectivity index (χ1v) is 7.41. The molecule has 0 aliphatic carbocycles. The number of rotatable bonds is 2. The van der Waals surface area contributed by atoms with Gasteiger partial charge in [0.2, 0.25) is 5.88 Å². The fourth-order valence-corrected chi connectivity index (χ4v) is 3.21. The predicted molar refractivity (Wildman–Crippen MR) is 81.1 cm³/mol. The third kappa shape index (κ3) is 2.24. The summed E-state index contributed by atoms with van der Waals surface area (Å²) in [5.41, 5.74) is 1.18. The number of hydrogen-bond acceptors (Lipinski definition) is 4. The van der Waals surface area contributed by atoms with Crippen LogP contribution in [0, 0.1) is 13.8 Å². The molecule has 2 heterocycles. The van der Waals surface area contributed by atoms with Crippen LogP contribution in [0.15, 0.2) is 35.1 Å². The van der Waals surface area contributed by atoms with Crippen LogP contribution in [0.25, 0.3) is 10.2 Å². The summed E-state index contributed by atoms with van der Waals surface area (Å²) in [7, 11) is 0. The lowest BCUT2D eigenvalue weighted by Crippen LogP contribution is -1.91. The zero-order valence-corrected chi connectivity index (χ0v) is 12.9. The molecular weight excluding hydrogens is 324 g/mol. The van der Waals surface area contributed by atoms with Crippen molar-refractivity contribution in [1.82, 2.24) is 9.97 Å². The summed E-state index contributed by atoms with van der Waals surface area (Å²) in [6, 6.07) is 7.74. The summed E-state index contributed by atoms with van der Waals surface area (Å²) in [6.45, 7) is 4.16. The van der Waals surface area contributed by atoms with Crippen molar-refractivity contribution in [3.63, 3.8) is 0 Å². The molecule has 1 aromatic carbocycles. The maximum Gasteiger partial charge on any atom is 0.231 e. The average Bonchev–Trinajstić information content (AvgIpc) is 2.69. The number of nitrogens with zero attached hydrogens (tertiary/aromatic N) is 2. The first-order valence-electron chi connectivity index (χ1n) is 5.80. The number of halogens is 1. The van der Waals surface area contributed by atoms with E-state index >= 15 is 0 Å². The summed E-state index contributed by atoms with van der Waals surface area (Å²) >= 11 is 5.14. The highest BCUT2D eigenvalue weighted by atomic mass is 79.9. The lowest BCUT2D eigenvalue weighted by atomic mass is 10.2. The quantitative estimate of drug-likeness (QED) is 0.671. The van der Waals surface area contributed by atoms with Crippen molar-refractivity contribution in [1.29, 1.82) is 0 Å². The Balaban J connectivity index is 2.13.